The van der Waals surface area contributed by atoms with Crippen LogP contribution in [0.1, 0.15) is 16.8 Å². The summed E-state index contributed by atoms with van der Waals surface area (Å²) in [6.45, 7) is 0.794. The summed E-state index contributed by atoms with van der Waals surface area (Å²) in [6, 6.07) is 8.17. The van der Waals surface area contributed by atoms with Gasteiger partial charge in [-0.2, -0.15) is 0 Å². The van der Waals surface area contributed by atoms with Crippen molar-refractivity contribution in [1.82, 2.24) is 14.3 Å². The van der Waals surface area contributed by atoms with Gasteiger partial charge < -0.3 is 14.4 Å². The Morgan fingerprint density at radius 1 is 1.17 bits per heavy atom. The zero-order chi connectivity index (χ0) is 20.0. The van der Waals surface area contributed by atoms with Gasteiger partial charge in [0.25, 0.3) is 5.56 Å². The first-order valence-electron chi connectivity index (χ1n) is 9.15. The van der Waals surface area contributed by atoms with Crippen LogP contribution in [0.25, 0.3) is 11.7 Å². The van der Waals surface area contributed by atoms with E-state index >= 15 is 0 Å². The molecule has 8 heteroatoms. The third-order valence-corrected chi connectivity index (χ3v) is 5.06. The summed E-state index contributed by atoms with van der Waals surface area (Å²) in [7, 11) is 0. The van der Waals surface area contributed by atoms with Gasteiger partial charge in [0.05, 0.1) is 17.8 Å². The largest absolute Gasteiger partial charge is 0.454 e. The molecule has 2 aliphatic heterocycles. The van der Waals surface area contributed by atoms with E-state index in [1.165, 1.54) is 22.6 Å². The molecule has 1 aromatic carbocycles. The lowest BCUT2D eigenvalue weighted by Crippen LogP contribution is -2.39. The van der Waals surface area contributed by atoms with Crippen LogP contribution in [0.2, 0.25) is 0 Å². The molecule has 4 heterocycles. The van der Waals surface area contributed by atoms with Gasteiger partial charge in [-0.3, -0.25) is 14.0 Å². The van der Waals surface area contributed by atoms with Gasteiger partial charge in [0.2, 0.25) is 12.7 Å². The van der Waals surface area contributed by atoms with Crippen molar-refractivity contribution in [2.24, 2.45) is 0 Å². The van der Waals surface area contributed by atoms with E-state index in [4.69, 9.17) is 9.47 Å². The van der Waals surface area contributed by atoms with E-state index < -0.39 is 5.82 Å². The highest BCUT2D eigenvalue weighted by Crippen LogP contribution is 2.32. The normalized spacial score (nSPS) is 15.1. The number of pyridine rings is 1. The second kappa shape index (κ2) is 6.73. The standard InChI is InChI=1S/C21H16FN3O4/c22-14-3-5-19-23-16-7-8-24(11-15(16)21(27)25(19)10-14)20(26)6-2-13-1-4-17-18(9-13)29-12-28-17/h1-6,9-10H,7-8,11-12H2/b6-2+. The molecule has 0 fully saturated rings. The molecule has 0 aliphatic carbocycles. The van der Waals surface area contributed by atoms with E-state index in [2.05, 4.69) is 4.98 Å². The van der Waals surface area contributed by atoms with Gasteiger partial charge in [0.15, 0.2) is 11.5 Å². The number of aromatic nitrogens is 2. The molecule has 3 aromatic rings. The van der Waals surface area contributed by atoms with Crippen molar-refractivity contribution in [3.8, 4) is 11.5 Å². The lowest BCUT2D eigenvalue weighted by Gasteiger charge is -2.27. The van der Waals surface area contributed by atoms with Crippen molar-refractivity contribution >= 4 is 17.6 Å². The number of amides is 1. The summed E-state index contributed by atoms with van der Waals surface area (Å²) in [5.74, 6) is 0.594. The number of hydrogen-bond donors (Lipinski definition) is 0. The fraction of sp³-hybridized carbons (Fsp3) is 0.190. The molecule has 2 aromatic heterocycles. The number of rotatable bonds is 2. The second-order valence-electron chi connectivity index (χ2n) is 6.87. The topological polar surface area (TPSA) is 73.1 Å². The number of carbonyl (C=O) groups excluding carboxylic acids is 1. The quantitative estimate of drug-likeness (QED) is 0.624. The van der Waals surface area contributed by atoms with E-state index in [9.17, 15) is 14.0 Å². The molecule has 0 atom stereocenters. The number of halogens is 1. The number of ether oxygens (including phenoxy) is 2. The first-order chi connectivity index (χ1) is 14.1. The highest BCUT2D eigenvalue weighted by Gasteiger charge is 2.24. The Bertz CT molecular complexity index is 1230. The first-order valence-corrected chi connectivity index (χ1v) is 9.15. The van der Waals surface area contributed by atoms with Gasteiger partial charge in [-0.1, -0.05) is 6.07 Å². The second-order valence-corrected chi connectivity index (χ2v) is 6.87. The fourth-order valence-electron chi connectivity index (χ4n) is 3.55. The van der Waals surface area contributed by atoms with Crippen molar-refractivity contribution in [3.05, 3.63) is 75.6 Å². The molecule has 0 unspecified atom stereocenters. The lowest BCUT2D eigenvalue weighted by atomic mass is 10.1. The maximum absolute atomic E-state index is 13.5. The molecule has 7 nitrogen and oxygen atoms in total. The fourth-order valence-corrected chi connectivity index (χ4v) is 3.55. The van der Waals surface area contributed by atoms with Crippen LogP contribution in [0.15, 0.2) is 47.4 Å². The smallest absolute Gasteiger partial charge is 0.263 e. The Balaban J connectivity index is 1.38. The zero-order valence-electron chi connectivity index (χ0n) is 15.3. The minimum Gasteiger partial charge on any atom is -0.454 e. The summed E-state index contributed by atoms with van der Waals surface area (Å²) >= 11 is 0. The summed E-state index contributed by atoms with van der Waals surface area (Å²) in [5, 5.41) is 0. The third-order valence-electron chi connectivity index (χ3n) is 5.06. The van der Waals surface area contributed by atoms with Gasteiger partial charge in [0, 0.05) is 25.2 Å². The van der Waals surface area contributed by atoms with Gasteiger partial charge in [-0.15, -0.1) is 0 Å². The number of nitrogens with zero attached hydrogens (tertiary/aromatic N) is 3. The molecule has 146 valence electrons. The molecule has 0 saturated heterocycles. The molecule has 5 rings (SSSR count). The summed E-state index contributed by atoms with van der Waals surface area (Å²) in [4.78, 5) is 31.4. The van der Waals surface area contributed by atoms with Crippen LogP contribution in [0.3, 0.4) is 0 Å². The van der Waals surface area contributed by atoms with E-state index in [0.29, 0.717) is 41.4 Å². The van der Waals surface area contributed by atoms with Crippen LogP contribution in [-0.4, -0.2) is 33.5 Å². The maximum atomic E-state index is 13.5. The van der Waals surface area contributed by atoms with Crippen LogP contribution in [0, 0.1) is 5.82 Å². The minimum absolute atomic E-state index is 0.144. The number of hydrogen-bond acceptors (Lipinski definition) is 5. The van der Waals surface area contributed by atoms with Crippen molar-refractivity contribution in [2.75, 3.05) is 13.3 Å². The SMILES string of the molecule is O=C(/C=C/c1ccc2c(c1)OCO2)N1CCc2nc3ccc(F)cn3c(=O)c2C1. The number of carbonyl (C=O) groups is 1. The Morgan fingerprint density at radius 2 is 2.03 bits per heavy atom. The molecular formula is C21H16FN3O4. The monoisotopic (exact) mass is 393 g/mol. The van der Waals surface area contributed by atoms with Crippen LogP contribution in [0.5, 0.6) is 11.5 Å². The van der Waals surface area contributed by atoms with E-state index in [0.717, 1.165) is 11.8 Å². The van der Waals surface area contributed by atoms with Crippen LogP contribution in [-0.2, 0) is 17.8 Å². The highest BCUT2D eigenvalue weighted by molar-refractivity contribution is 5.92. The molecule has 29 heavy (non-hydrogen) atoms. The van der Waals surface area contributed by atoms with Crippen molar-refractivity contribution in [1.29, 1.82) is 0 Å². The molecule has 0 radical (unpaired) electrons. The van der Waals surface area contributed by atoms with Gasteiger partial charge >= 0.3 is 0 Å². The van der Waals surface area contributed by atoms with Crippen molar-refractivity contribution in [2.45, 2.75) is 13.0 Å². The lowest BCUT2D eigenvalue weighted by molar-refractivity contribution is -0.126. The van der Waals surface area contributed by atoms with E-state index in [1.807, 2.05) is 6.07 Å². The Kier molecular flexibility index (Phi) is 4.04. The van der Waals surface area contributed by atoms with Crippen LogP contribution in [0.4, 0.5) is 4.39 Å². The average Bonchev–Trinajstić information content (AvgIpc) is 3.20. The number of fused-ring (bicyclic) bond motifs is 3. The van der Waals surface area contributed by atoms with Gasteiger partial charge in [0.1, 0.15) is 11.5 Å². The summed E-state index contributed by atoms with van der Waals surface area (Å²) in [6.07, 6.45) is 4.75. The molecule has 0 bridgehead atoms. The Hall–Kier alpha value is -3.68. The molecule has 1 amide bonds. The van der Waals surface area contributed by atoms with Crippen molar-refractivity contribution < 1.29 is 18.7 Å². The highest BCUT2D eigenvalue weighted by atomic mass is 19.1. The molecule has 0 saturated carbocycles. The maximum Gasteiger partial charge on any atom is 0.263 e. The van der Waals surface area contributed by atoms with Crippen molar-refractivity contribution in [3.63, 3.8) is 0 Å². The minimum atomic E-state index is -0.517. The summed E-state index contributed by atoms with van der Waals surface area (Å²) < 4.78 is 25.3. The first kappa shape index (κ1) is 17.4. The molecule has 0 spiro atoms. The molecule has 2 aliphatic rings. The Morgan fingerprint density at radius 3 is 2.93 bits per heavy atom. The van der Waals surface area contributed by atoms with Gasteiger partial charge in [-0.25, -0.2) is 9.37 Å². The summed E-state index contributed by atoms with van der Waals surface area (Å²) in [5.41, 5.74) is 1.94. The number of benzene rings is 1. The molecule has 0 N–H and O–H groups in total. The Labute approximate surface area is 164 Å². The third kappa shape index (κ3) is 3.12. The van der Waals surface area contributed by atoms with E-state index in [1.54, 1.807) is 23.1 Å². The molecular weight excluding hydrogens is 377 g/mol. The predicted molar refractivity (Wildman–Crippen MR) is 102 cm³/mol. The predicted octanol–water partition coefficient (Wildman–Crippen LogP) is 2.16. The average molecular weight is 393 g/mol. The van der Waals surface area contributed by atoms with Crippen LogP contribution >= 0.6 is 0 Å². The zero-order valence-corrected chi connectivity index (χ0v) is 15.3. The van der Waals surface area contributed by atoms with Crippen LogP contribution < -0.4 is 15.0 Å². The van der Waals surface area contributed by atoms with E-state index in [-0.39, 0.29) is 24.8 Å². The van der Waals surface area contributed by atoms with Gasteiger partial charge in [-0.05, 0) is 35.9 Å².